The second-order valence-electron chi connectivity index (χ2n) is 2.78. The fourth-order valence-corrected chi connectivity index (χ4v) is 0.790. The number of rotatable bonds is 2. The zero-order chi connectivity index (χ0) is 10.6. The van der Waals surface area contributed by atoms with Gasteiger partial charge in [0.1, 0.15) is 11.6 Å². The van der Waals surface area contributed by atoms with Gasteiger partial charge in [-0.15, -0.1) is 0 Å². The van der Waals surface area contributed by atoms with Gasteiger partial charge in [-0.2, -0.15) is 0 Å². The average molecular weight is 192 g/mol. The molecule has 74 valence electrons. The Balaban J connectivity index is 2.72. The molecule has 0 aliphatic carbocycles. The van der Waals surface area contributed by atoms with Gasteiger partial charge in [-0.3, -0.25) is 0 Å². The molecule has 1 rings (SSSR count). The second-order valence-corrected chi connectivity index (χ2v) is 2.78. The number of esters is 1. The van der Waals surface area contributed by atoms with E-state index in [0.717, 1.165) is 0 Å². The van der Waals surface area contributed by atoms with Gasteiger partial charge in [0.05, 0.1) is 5.57 Å². The smallest absolute Gasteiger partial charge is 0.342 e. The summed E-state index contributed by atoms with van der Waals surface area (Å²) in [4.78, 5) is 11.3. The predicted octanol–water partition coefficient (Wildman–Crippen LogP) is 0.741. The highest BCUT2D eigenvalue weighted by molar-refractivity contribution is 5.90. The molecule has 0 amide bonds. The van der Waals surface area contributed by atoms with Crippen LogP contribution in [0.1, 0.15) is 6.92 Å². The Morgan fingerprint density at radius 3 is 2.29 bits per heavy atom. The molecule has 1 aromatic rings. The van der Waals surface area contributed by atoms with Gasteiger partial charge in [0.2, 0.25) is 0 Å². The van der Waals surface area contributed by atoms with Crippen LogP contribution in [0.5, 0.6) is 5.75 Å². The Labute approximate surface area is 82.2 Å². The van der Waals surface area contributed by atoms with E-state index in [4.69, 9.17) is 16.2 Å². The molecule has 0 saturated heterocycles. The molecule has 1 aromatic carbocycles. The zero-order valence-electron chi connectivity index (χ0n) is 7.86. The molecule has 4 nitrogen and oxygen atoms in total. The van der Waals surface area contributed by atoms with E-state index >= 15 is 0 Å². The maximum absolute atomic E-state index is 11.3. The predicted molar refractivity (Wildman–Crippen MR) is 53.2 cm³/mol. The third kappa shape index (κ3) is 2.52. The van der Waals surface area contributed by atoms with Crippen LogP contribution in [0, 0.1) is 0 Å². The highest BCUT2D eigenvalue weighted by Crippen LogP contribution is 2.10. The molecule has 0 fully saturated rings. The number of nitrogens with two attached hydrogens (primary N) is 2. The Hall–Kier alpha value is -1.97. The summed E-state index contributed by atoms with van der Waals surface area (Å²) in [5.74, 6) is -0.0831. The van der Waals surface area contributed by atoms with E-state index < -0.39 is 5.97 Å². The minimum atomic E-state index is -0.531. The fraction of sp³-hybridized carbons (Fsp3) is 0.100. The number of hydrogen-bond acceptors (Lipinski definition) is 4. The van der Waals surface area contributed by atoms with Gasteiger partial charge in [-0.05, 0) is 19.1 Å². The van der Waals surface area contributed by atoms with Crippen molar-refractivity contribution in [3.05, 3.63) is 41.7 Å². The van der Waals surface area contributed by atoms with Gasteiger partial charge in [0, 0.05) is 0 Å². The van der Waals surface area contributed by atoms with Crippen molar-refractivity contribution in [2.75, 3.05) is 0 Å². The molecule has 0 radical (unpaired) electrons. The topological polar surface area (TPSA) is 78.3 Å². The number of carbonyl (C=O) groups is 1. The SMILES string of the molecule is CC(C(=O)Oc1ccccc1)=C(N)N. The van der Waals surface area contributed by atoms with Gasteiger partial charge in [0.15, 0.2) is 0 Å². The van der Waals surface area contributed by atoms with Gasteiger partial charge < -0.3 is 16.2 Å². The van der Waals surface area contributed by atoms with Crippen LogP contribution < -0.4 is 16.2 Å². The maximum atomic E-state index is 11.3. The van der Waals surface area contributed by atoms with Gasteiger partial charge in [-0.25, -0.2) is 4.79 Å². The van der Waals surface area contributed by atoms with Crippen LogP contribution in [0.25, 0.3) is 0 Å². The lowest BCUT2D eigenvalue weighted by Gasteiger charge is -2.04. The number of ether oxygens (including phenoxy) is 1. The minimum Gasteiger partial charge on any atom is -0.423 e. The van der Waals surface area contributed by atoms with E-state index in [2.05, 4.69) is 0 Å². The third-order valence-corrected chi connectivity index (χ3v) is 1.69. The molecule has 0 heterocycles. The number of hydrogen-bond donors (Lipinski definition) is 2. The summed E-state index contributed by atoms with van der Waals surface area (Å²) in [6.45, 7) is 1.51. The van der Waals surface area contributed by atoms with Crippen LogP contribution in [0.4, 0.5) is 0 Å². The van der Waals surface area contributed by atoms with Crippen LogP contribution in [-0.2, 0) is 4.79 Å². The van der Waals surface area contributed by atoms with Crippen molar-refractivity contribution in [1.82, 2.24) is 0 Å². The summed E-state index contributed by atoms with van der Waals surface area (Å²) >= 11 is 0. The Morgan fingerprint density at radius 2 is 1.79 bits per heavy atom. The highest BCUT2D eigenvalue weighted by atomic mass is 16.5. The van der Waals surface area contributed by atoms with Crippen LogP contribution in [0.2, 0.25) is 0 Å². The summed E-state index contributed by atoms with van der Waals surface area (Å²) in [7, 11) is 0. The van der Waals surface area contributed by atoms with Crippen LogP contribution >= 0.6 is 0 Å². The molecule has 0 aliphatic rings. The van der Waals surface area contributed by atoms with E-state index in [9.17, 15) is 4.79 Å². The minimum absolute atomic E-state index is 0.0223. The molecular formula is C10H12N2O2. The van der Waals surface area contributed by atoms with Crippen molar-refractivity contribution in [3.8, 4) is 5.75 Å². The first-order valence-electron chi connectivity index (χ1n) is 4.10. The van der Waals surface area contributed by atoms with Crippen molar-refractivity contribution in [2.24, 2.45) is 11.5 Å². The Kier molecular flexibility index (Phi) is 3.12. The molecule has 0 aliphatic heterocycles. The first-order chi connectivity index (χ1) is 6.61. The lowest BCUT2D eigenvalue weighted by Crippen LogP contribution is -2.19. The molecular weight excluding hydrogens is 180 g/mol. The molecule has 4 N–H and O–H groups in total. The van der Waals surface area contributed by atoms with Crippen molar-refractivity contribution in [1.29, 1.82) is 0 Å². The number of benzene rings is 1. The number of para-hydroxylation sites is 1. The summed E-state index contributed by atoms with van der Waals surface area (Å²) in [6.07, 6.45) is 0. The summed E-state index contributed by atoms with van der Waals surface area (Å²) in [5.41, 5.74) is 10.7. The van der Waals surface area contributed by atoms with Crippen LogP contribution in [-0.4, -0.2) is 5.97 Å². The molecule has 0 atom stereocenters. The Morgan fingerprint density at radius 1 is 1.21 bits per heavy atom. The number of carbonyl (C=O) groups excluding carboxylic acids is 1. The van der Waals surface area contributed by atoms with E-state index in [1.165, 1.54) is 6.92 Å². The van der Waals surface area contributed by atoms with E-state index in [0.29, 0.717) is 5.75 Å². The van der Waals surface area contributed by atoms with E-state index in [-0.39, 0.29) is 11.4 Å². The van der Waals surface area contributed by atoms with E-state index in [1.807, 2.05) is 6.07 Å². The monoisotopic (exact) mass is 192 g/mol. The molecule has 4 heteroatoms. The van der Waals surface area contributed by atoms with Gasteiger partial charge in [0.25, 0.3) is 0 Å². The lowest BCUT2D eigenvalue weighted by molar-refractivity contribution is -0.130. The molecule has 0 bridgehead atoms. The van der Waals surface area contributed by atoms with Crippen molar-refractivity contribution >= 4 is 5.97 Å². The standard InChI is InChI=1S/C10H12N2O2/c1-7(9(11)12)10(13)14-8-5-3-2-4-6-8/h2-6H,11-12H2,1H3. The zero-order valence-corrected chi connectivity index (χ0v) is 7.86. The largest absolute Gasteiger partial charge is 0.423 e. The van der Waals surface area contributed by atoms with Gasteiger partial charge >= 0.3 is 5.97 Å². The fourth-order valence-electron chi connectivity index (χ4n) is 0.790. The lowest BCUT2D eigenvalue weighted by atomic mass is 10.3. The van der Waals surface area contributed by atoms with Crippen LogP contribution in [0.15, 0.2) is 41.7 Å². The van der Waals surface area contributed by atoms with E-state index in [1.54, 1.807) is 24.3 Å². The third-order valence-electron chi connectivity index (χ3n) is 1.69. The van der Waals surface area contributed by atoms with Crippen molar-refractivity contribution in [3.63, 3.8) is 0 Å². The summed E-state index contributed by atoms with van der Waals surface area (Å²) in [5, 5.41) is 0. The quantitative estimate of drug-likeness (QED) is 0.411. The summed E-state index contributed by atoms with van der Waals surface area (Å²) in [6, 6.07) is 8.73. The molecule has 0 saturated carbocycles. The van der Waals surface area contributed by atoms with Crippen LogP contribution in [0.3, 0.4) is 0 Å². The molecule has 14 heavy (non-hydrogen) atoms. The molecule has 0 aromatic heterocycles. The second kappa shape index (κ2) is 4.32. The first kappa shape index (κ1) is 10.1. The first-order valence-corrected chi connectivity index (χ1v) is 4.10. The average Bonchev–Trinajstić information content (AvgIpc) is 2.18. The summed E-state index contributed by atoms with van der Waals surface area (Å²) < 4.78 is 4.98. The molecule has 0 unspecified atom stereocenters. The van der Waals surface area contributed by atoms with Crippen molar-refractivity contribution in [2.45, 2.75) is 6.92 Å². The molecule has 0 spiro atoms. The Bertz CT molecular complexity index is 354. The maximum Gasteiger partial charge on any atom is 0.342 e. The van der Waals surface area contributed by atoms with Gasteiger partial charge in [-0.1, -0.05) is 18.2 Å². The highest BCUT2D eigenvalue weighted by Gasteiger charge is 2.09. The normalized spacial score (nSPS) is 9.21. The van der Waals surface area contributed by atoms with Crippen molar-refractivity contribution < 1.29 is 9.53 Å².